The van der Waals surface area contributed by atoms with Crippen molar-refractivity contribution in [3.63, 3.8) is 0 Å². The minimum Gasteiger partial charge on any atom is -0.0999 e. The molecule has 0 aliphatic heterocycles. The van der Waals surface area contributed by atoms with Crippen LogP contribution in [0, 0.1) is 16.7 Å². The van der Waals surface area contributed by atoms with Crippen LogP contribution in [0.1, 0.15) is 60.3 Å². The lowest BCUT2D eigenvalue weighted by atomic mass is 9.54. The molecule has 0 saturated heterocycles. The van der Waals surface area contributed by atoms with Gasteiger partial charge in [0, 0.05) is 0 Å². The molecule has 0 aromatic carbocycles. The quantitative estimate of drug-likeness (QED) is 0.526. The average Bonchev–Trinajstić information content (AvgIpc) is 2.02. The predicted octanol–water partition coefficient (Wildman–Crippen LogP) is 4.81. The first-order chi connectivity index (χ1) is 6.29. The Morgan fingerprint density at radius 1 is 1.14 bits per heavy atom. The Labute approximate surface area is 89.8 Å². The van der Waals surface area contributed by atoms with Gasteiger partial charge in [-0.15, -0.1) is 0 Å². The van der Waals surface area contributed by atoms with Crippen LogP contribution in [0.3, 0.4) is 0 Å². The third kappa shape index (κ3) is 1.89. The molecule has 0 bridgehead atoms. The van der Waals surface area contributed by atoms with Gasteiger partial charge in [0.25, 0.3) is 0 Å². The van der Waals surface area contributed by atoms with Gasteiger partial charge in [-0.05, 0) is 42.4 Å². The molecule has 0 atom stereocenters. The highest BCUT2D eigenvalue weighted by Gasteiger charge is 2.45. The molecule has 0 N–H and O–H groups in total. The number of hydrogen-bond acceptors (Lipinski definition) is 0. The number of hydrogen-bond donors (Lipinski definition) is 0. The Kier molecular flexibility index (Phi) is 3.13. The van der Waals surface area contributed by atoms with Crippen molar-refractivity contribution in [1.82, 2.24) is 0 Å². The summed E-state index contributed by atoms with van der Waals surface area (Å²) in [5.41, 5.74) is 2.43. The van der Waals surface area contributed by atoms with Crippen molar-refractivity contribution in [2.24, 2.45) is 16.7 Å². The second kappa shape index (κ2) is 3.72. The van der Waals surface area contributed by atoms with Gasteiger partial charge in [-0.3, -0.25) is 0 Å². The lowest BCUT2D eigenvalue weighted by molar-refractivity contribution is 0.00167. The van der Waals surface area contributed by atoms with Crippen LogP contribution in [0.5, 0.6) is 0 Å². The second-order valence-electron chi connectivity index (χ2n) is 6.31. The normalized spacial score (nSPS) is 22.9. The minimum atomic E-state index is 0.432. The van der Waals surface area contributed by atoms with Gasteiger partial charge in [0.05, 0.1) is 0 Å². The summed E-state index contributed by atoms with van der Waals surface area (Å²) in [6.45, 7) is 16.1. The molecule has 0 aromatic rings. The van der Waals surface area contributed by atoms with Crippen molar-refractivity contribution in [2.75, 3.05) is 0 Å². The van der Waals surface area contributed by atoms with Gasteiger partial charge in [0.2, 0.25) is 0 Å². The van der Waals surface area contributed by atoms with E-state index in [2.05, 4.69) is 41.2 Å². The largest absolute Gasteiger partial charge is 0.0999 e. The maximum atomic E-state index is 4.12. The van der Waals surface area contributed by atoms with Crippen molar-refractivity contribution >= 4 is 0 Å². The molecule has 0 radical (unpaired) electrons. The standard InChI is InChI=1S/C14H26/c1-11(2)14(13(4,5)6)9-7-12(3)8-10-14/h11H,3,7-10H2,1-2,4-6H3. The van der Waals surface area contributed by atoms with Crippen LogP contribution in [0.2, 0.25) is 0 Å². The first-order valence-corrected chi connectivity index (χ1v) is 5.96. The van der Waals surface area contributed by atoms with E-state index < -0.39 is 0 Å². The van der Waals surface area contributed by atoms with Crippen molar-refractivity contribution in [1.29, 1.82) is 0 Å². The Balaban J connectivity index is 2.90. The van der Waals surface area contributed by atoms with E-state index in [-0.39, 0.29) is 0 Å². The van der Waals surface area contributed by atoms with Crippen LogP contribution < -0.4 is 0 Å². The van der Waals surface area contributed by atoms with Crippen LogP contribution in [-0.4, -0.2) is 0 Å². The monoisotopic (exact) mass is 194 g/mol. The third-order valence-electron chi connectivity index (χ3n) is 4.45. The number of allylic oxidation sites excluding steroid dienone is 1. The molecule has 0 unspecified atom stereocenters. The maximum absolute atomic E-state index is 4.12. The molecule has 1 aliphatic carbocycles. The summed E-state index contributed by atoms with van der Waals surface area (Å²) in [5.74, 6) is 0.788. The lowest BCUT2D eigenvalue weighted by Gasteiger charge is -2.51. The molecule has 0 aromatic heterocycles. The molecule has 1 saturated carbocycles. The Morgan fingerprint density at radius 2 is 1.57 bits per heavy atom. The molecule has 0 heterocycles. The van der Waals surface area contributed by atoms with E-state index in [9.17, 15) is 0 Å². The van der Waals surface area contributed by atoms with E-state index in [4.69, 9.17) is 0 Å². The zero-order valence-electron chi connectivity index (χ0n) is 10.6. The van der Waals surface area contributed by atoms with E-state index >= 15 is 0 Å². The molecule has 1 rings (SSSR count). The fourth-order valence-electron chi connectivity index (χ4n) is 3.24. The molecule has 1 aliphatic rings. The molecular formula is C14H26. The van der Waals surface area contributed by atoms with Gasteiger partial charge in [-0.25, -0.2) is 0 Å². The summed E-state index contributed by atoms with van der Waals surface area (Å²) in [6.07, 6.45) is 5.17. The summed E-state index contributed by atoms with van der Waals surface area (Å²) in [7, 11) is 0. The zero-order valence-corrected chi connectivity index (χ0v) is 10.6. The van der Waals surface area contributed by atoms with Gasteiger partial charge in [0.1, 0.15) is 0 Å². The van der Waals surface area contributed by atoms with E-state index in [0.717, 1.165) is 5.92 Å². The van der Waals surface area contributed by atoms with Crippen molar-refractivity contribution in [3.05, 3.63) is 12.2 Å². The summed E-state index contributed by atoms with van der Waals surface area (Å²) in [4.78, 5) is 0. The fourth-order valence-corrected chi connectivity index (χ4v) is 3.24. The number of rotatable bonds is 1. The van der Waals surface area contributed by atoms with Crippen molar-refractivity contribution < 1.29 is 0 Å². The molecular weight excluding hydrogens is 168 g/mol. The molecule has 0 nitrogen and oxygen atoms in total. The van der Waals surface area contributed by atoms with E-state index in [1.54, 1.807) is 0 Å². The second-order valence-corrected chi connectivity index (χ2v) is 6.31. The maximum Gasteiger partial charge on any atom is -0.0220 e. The first-order valence-electron chi connectivity index (χ1n) is 5.96. The Bertz CT molecular complexity index is 205. The van der Waals surface area contributed by atoms with Crippen molar-refractivity contribution in [3.8, 4) is 0 Å². The molecule has 82 valence electrons. The molecule has 1 fully saturated rings. The van der Waals surface area contributed by atoms with Crippen molar-refractivity contribution in [2.45, 2.75) is 60.3 Å². The van der Waals surface area contributed by atoms with E-state index in [1.165, 1.54) is 31.3 Å². The van der Waals surface area contributed by atoms with Gasteiger partial charge in [-0.2, -0.15) is 0 Å². The smallest absolute Gasteiger partial charge is 0.0220 e. The summed E-state index contributed by atoms with van der Waals surface area (Å²) in [5, 5.41) is 0. The average molecular weight is 194 g/mol. The molecule has 0 spiro atoms. The van der Waals surface area contributed by atoms with Crippen LogP contribution in [0.25, 0.3) is 0 Å². The topological polar surface area (TPSA) is 0 Å². The van der Waals surface area contributed by atoms with Gasteiger partial charge in [0.15, 0.2) is 0 Å². The van der Waals surface area contributed by atoms with Crippen LogP contribution >= 0.6 is 0 Å². The van der Waals surface area contributed by atoms with Gasteiger partial charge >= 0.3 is 0 Å². The Morgan fingerprint density at radius 3 is 1.86 bits per heavy atom. The highest BCUT2D eigenvalue weighted by Crippen LogP contribution is 2.54. The lowest BCUT2D eigenvalue weighted by Crippen LogP contribution is -2.42. The summed E-state index contributed by atoms with van der Waals surface area (Å²) >= 11 is 0. The fraction of sp³-hybridized carbons (Fsp3) is 0.857. The summed E-state index contributed by atoms with van der Waals surface area (Å²) < 4.78 is 0. The zero-order chi connectivity index (χ0) is 11.0. The third-order valence-corrected chi connectivity index (χ3v) is 4.45. The van der Waals surface area contributed by atoms with Crippen LogP contribution in [0.15, 0.2) is 12.2 Å². The Hall–Kier alpha value is -0.260. The molecule has 0 amide bonds. The minimum absolute atomic E-state index is 0.432. The van der Waals surface area contributed by atoms with Crippen LogP contribution in [0.4, 0.5) is 0 Å². The highest BCUT2D eigenvalue weighted by atomic mass is 14.5. The first kappa shape index (κ1) is 11.8. The molecule has 0 heteroatoms. The SMILES string of the molecule is C=C1CCC(C(C)C)(C(C)(C)C)CC1. The van der Waals surface area contributed by atoms with Gasteiger partial charge in [-0.1, -0.05) is 46.8 Å². The predicted molar refractivity (Wildman–Crippen MR) is 64.3 cm³/mol. The highest BCUT2D eigenvalue weighted by molar-refractivity contribution is 5.06. The van der Waals surface area contributed by atoms with E-state index in [0.29, 0.717) is 10.8 Å². The van der Waals surface area contributed by atoms with E-state index in [1.807, 2.05) is 0 Å². The molecule has 14 heavy (non-hydrogen) atoms. The van der Waals surface area contributed by atoms with Gasteiger partial charge < -0.3 is 0 Å². The summed E-state index contributed by atoms with van der Waals surface area (Å²) in [6, 6.07) is 0. The van der Waals surface area contributed by atoms with Crippen LogP contribution in [-0.2, 0) is 0 Å².